The Labute approximate surface area is 175 Å². The maximum Gasteiger partial charge on any atom is 0.118 e. The Morgan fingerprint density at radius 1 is 1.03 bits per heavy atom. The average Bonchev–Trinajstić information content (AvgIpc) is 3.20. The molecule has 0 aliphatic carbocycles. The van der Waals surface area contributed by atoms with Crippen molar-refractivity contribution in [3.8, 4) is 5.75 Å². The molecule has 6 heteroatoms. The average molecular weight is 405 g/mol. The molecule has 1 aliphatic rings. The number of halogens is 1. The first-order valence-electron chi connectivity index (χ1n) is 9.28. The summed E-state index contributed by atoms with van der Waals surface area (Å²) in [5.41, 5.74) is 5.21. The standard InChI is InChI=1S/C23H21ClN4O/c1-29-21-12-6-18(7-13-21)23-14-22(17-4-8-19(24)9-5-17)27-28(23)20-10-2-16(3-11-20)15-26-25/h2-13,15,23H,14,25H2,1H3/t23-/m0/s1. The van der Waals surface area contributed by atoms with Gasteiger partial charge in [0.15, 0.2) is 0 Å². The molecule has 0 saturated heterocycles. The predicted octanol–water partition coefficient (Wildman–Crippen LogP) is 5.00. The van der Waals surface area contributed by atoms with Crippen molar-refractivity contribution in [1.29, 1.82) is 0 Å². The molecule has 4 rings (SSSR count). The summed E-state index contributed by atoms with van der Waals surface area (Å²) < 4.78 is 5.30. The first kappa shape index (κ1) is 19.0. The molecule has 0 aromatic heterocycles. The molecule has 5 nitrogen and oxygen atoms in total. The van der Waals surface area contributed by atoms with Crippen molar-refractivity contribution in [2.45, 2.75) is 12.5 Å². The number of rotatable bonds is 5. The topological polar surface area (TPSA) is 63.2 Å². The van der Waals surface area contributed by atoms with E-state index in [4.69, 9.17) is 27.3 Å². The maximum atomic E-state index is 6.05. The van der Waals surface area contributed by atoms with Gasteiger partial charge in [0.05, 0.1) is 30.8 Å². The van der Waals surface area contributed by atoms with Gasteiger partial charge in [-0.25, -0.2) is 0 Å². The molecule has 0 saturated carbocycles. The highest BCUT2D eigenvalue weighted by Gasteiger charge is 2.30. The number of ether oxygens (including phenoxy) is 1. The number of benzene rings is 3. The van der Waals surface area contributed by atoms with E-state index in [-0.39, 0.29) is 6.04 Å². The maximum absolute atomic E-state index is 6.05. The molecule has 0 amide bonds. The quantitative estimate of drug-likeness (QED) is 0.370. The largest absolute Gasteiger partial charge is 0.497 e. The summed E-state index contributed by atoms with van der Waals surface area (Å²) >= 11 is 6.05. The first-order valence-corrected chi connectivity index (χ1v) is 9.65. The summed E-state index contributed by atoms with van der Waals surface area (Å²) in [5.74, 6) is 6.09. The molecule has 0 radical (unpaired) electrons. The van der Waals surface area contributed by atoms with Crippen molar-refractivity contribution >= 4 is 29.2 Å². The summed E-state index contributed by atoms with van der Waals surface area (Å²) in [4.78, 5) is 0. The smallest absolute Gasteiger partial charge is 0.118 e. The zero-order chi connectivity index (χ0) is 20.2. The minimum absolute atomic E-state index is 0.0839. The first-order chi connectivity index (χ1) is 14.2. The lowest BCUT2D eigenvalue weighted by molar-refractivity contribution is 0.414. The Kier molecular flexibility index (Phi) is 5.49. The Bertz CT molecular complexity index is 1030. The van der Waals surface area contributed by atoms with Gasteiger partial charge in [0.25, 0.3) is 0 Å². The zero-order valence-electron chi connectivity index (χ0n) is 16.0. The molecule has 3 aromatic rings. The van der Waals surface area contributed by atoms with Gasteiger partial charge in [-0.1, -0.05) is 48.0 Å². The van der Waals surface area contributed by atoms with Crippen molar-refractivity contribution in [2.24, 2.45) is 16.0 Å². The van der Waals surface area contributed by atoms with Crippen LogP contribution in [0.25, 0.3) is 0 Å². The number of hydrogen-bond donors (Lipinski definition) is 1. The van der Waals surface area contributed by atoms with Crippen molar-refractivity contribution in [3.05, 3.63) is 94.5 Å². The Morgan fingerprint density at radius 3 is 2.34 bits per heavy atom. The Morgan fingerprint density at radius 2 is 1.72 bits per heavy atom. The fourth-order valence-corrected chi connectivity index (χ4v) is 3.58. The van der Waals surface area contributed by atoms with E-state index in [9.17, 15) is 0 Å². The highest BCUT2D eigenvalue weighted by atomic mass is 35.5. The van der Waals surface area contributed by atoms with Gasteiger partial charge in [0.1, 0.15) is 5.75 Å². The lowest BCUT2D eigenvalue weighted by Crippen LogP contribution is -2.18. The van der Waals surface area contributed by atoms with Crippen LogP contribution >= 0.6 is 11.6 Å². The van der Waals surface area contributed by atoms with Gasteiger partial charge in [-0.15, -0.1) is 0 Å². The van der Waals surface area contributed by atoms with Gasteiger partial charge in [-0.05, 0) is 53.1 Å². The molecule has 1 atom stereocenters. The number of nitrogens with two attached hydrogens (primary N) is 1. The summed E-state index contributed by atoms with van der Waals surface area (Å²) in [5, 5.41) is 11.3. The van der Waals surface area contributed by atoms with Crippen molar-refractivity contribution in [1.82, 2.24) is 0 Å². The van der Waals surface area contributed by atoms with Crippen LogP contribution in [0, 0.1) is 0 Å². The third kappa shape index (κ3) is 4.10. The second-order valence-corrected chi connectivity index (χ2v) is 7.20. The van der Waals surface area contributed by atoms with Crippen LogP contribution in [0.3, 0.4) is 0 Å². The normalized spacial score (nSPS) is 16.3. The molecular weight excluding hydrogens is 384 g/mol. The number of hydrogen-bond acceptors (Lipinski definition) is 5. The number of hydrazone groups is 2. The van der Waals surface area contributed by atoms with E-state index in [1.807, 2.05) is 60.7 Å². The van der Waals surface area contributed by atoms with Gasteiger partial charge in [0, 0.05) is 11.4 Å². The molecule has 1 aliphatic heterocycles. The van der Waals surface area contributed by atoms with E-state index < -0.39 is 0 Å². The zero-order valence-corrected chi connectivity index (χ0v) is 16.8. The van der Waals surface area contributed by atoms with E-state index in [1.165, 1.54) is 5.56 Å². The Balaban J connectivity index is 1.71. The fraction of sp³-hybridized carbons (Fsp3) is 0.130. The SMILES string of the molecule is COc1ccc([C@@H]2CC(c3ccc(Cl)cc3)=NN2c2ccc(C=NN)cc2)cc1. The third-order valence-electron chi connectivity index (χ3n) is 4.97. The number of methoxy groups -OCH3 is 1. The fourth-order valence-electron chi connectivity index (χ4n) is 3.45. The lowest BCUT2D eigenvalue weighted by atomic mass is 9.98. The van der Waals surface area contributed by atoms with Gasteiger partial charge in [0.2, 0.25) is 0 Å². The molecule has 3 aromatic carbocycles. The molecule has 1 heterocycles. The van der Waals surface area contributed by atoms with E-state index in [0.29, 0.717) is 5.02 Å². The van der Waals surface area contributed by atoms with Gasteiger partial charge < -0.3 is 10.6 Å². The highest BCUT2D eigenvalue weighted by molar-refractivity contribution is 6.30. The summed E-state index contributed by atoms with van der Waals surface area (Å²) in [6.07, 6.45) is 2.41. The molecule has 0 fully saturated rings. The molecule has 0 unspecified atom stereocenters. The molecule has 146 valence electrons. The lowest BCUT2D eigenvalue weighted by Gasteiger charge is -2.24. The van der Waals surface area contributed by atoms with Crippen LogP contribution in [0.2, 0.25) is 5.02 Å². The van der Waals surface area contributed by atoms with Crippen LogP contribution in [0.4, 0.5) is 5.69 Å². The van der Waals surface area contributed by atoms with Gasteiger partial charge in [-0.2, -0.15) is 10.2 Å². The minimum atomic E-state index is 0.0839. The van der Waals surface area contributed by atoms with E-state index >= 15 is 0 Å². The van der Waals surface area contributed by atoms with Crippen LogP contribution < -0.4 is 15.6 Å². The van der Waals surface area contributed by atoms with E-state index in [0.717, 1.165) is 34.7 Å². The highest BCUT2D eigenvalue weighted by Crippen LogP contribution is 2.37. The van der Waals surface area contributed by atoms with Crippen LogP contribution in [-0.4, -0.2) is 19.0 Å². The summed E-state index contributed by atoms with van der Waals surface area (Å²) in [6.45, 7) is 0. The second kappa shape index (κ2) is 8.37. The van der Waals surface area contributed by atoms with Crippen LogP contribution in [0.1, 0.15) is 29.2 Å². The number of anilines is 1. The van der Waals surface area contributed by atoms with Gasteiger partial charge in [-0.3, -0.25) is 5.01 Å². The molecule has 29 heavy (non-hydrogen) atoms. The third-order valence-corrected chi connectivity index (χ3v) is 5.22. The Hall–Kier alpha value is -3.31. The van der Waals surface area contributed by atoms with Crippen molar-refractivity contribution < 1.29 is 4.74 Å². The van der Waals surface area contributed by atoms with E-state index in [1.54, 1.807) is 13.3 Å². The van der Waals surface area contributed by atoms with Crippen LogP contribution in [-0.2, 0) is 0 Å². The summed E-state index contributed by atoms with van der Waals surface area (Å²) in [6, 6.07) is 24.1. The van der Waals surface area contributed by atoms with Crippen molar-refractivity contribution in [2.75, 3.05) is 12.1 Å². The second-order valence-electron chi connectivity index (χ2n) is 6.76. The molecule has 0 bridgehead atoms. The molecule has 2 N–H and O–H groups in total. The monoisotopic (exact) mass is 404 g/mol. The molecular formula is C23H21ClN4O. The van der Waals surface area contributed by atoms with E-state index in [2.05, 4.69) is 22.2 Å². The number of nitrogens with zero attached hydrogens (tertiary/aromatic N) is 3. The summed E-state index contributed by atoms with van der Waals surface area (Å²) in [7, 11) is 1.67. The predicted molar refractivity (Wildman–Crippen MR) is 119 cm³/mol. The minimum Gasteiger partial charge on any atom is -0.497 e. The van der Waals surface area contributed by atoms with Crippen LogP contribution in [0.15, 0.2) is 83.0 Å². The molecule has 0 spiro atoms. The van der Waals surface area contributed by atoms with Crippen LogP contribution in [0.5, 0.6) is 5.75 Å². The van der Waals surface area contributed by atoms with Gasteiger partial charge >= 0.3 is 0 Å². The van der Waals surface area contributed by atoms with Crippen molar-refractivity contribution in [3.63, 3.8) is 0 Å².